The molecule has 144 valence electrons. The SMILES string of the molecule is CCNC(=NCC1CCCN1CCOC)N(C)CCc1cccs1.I. The van der Waals surface area contributed by atoms with Gasteiger partial charge in [-0.1, -0.05) is 6.07 Å². The molecule has 7 heteroatoms. The minimum Gasteiger partial charge on any atom is -0.383 e. The molecule has 1 fully saturated rings. The summed E-state index contributed by atoms with van der Waals surface area (Å²) in [6.45, 7) is 7.89. The van der Waals surface area contributed by atoms with Crippen LogP contribution >= 0.6 is 35.3 Å². The molecular weight excluding hydrogens is 447 g/mol. The van der Waals surface area contributed by atoms with E-state index < -0.39 is 0 Å². The average Bonchev–Trinajstić information content (AvgIpc) is 3.26. The van der Waals surface area contributed by atoms with Gasteiger partial charge in [0.05, 0.1) is 13.2 Å². The number of guanidine groups is 1. The normalized spacial score (nSPS) is 18.2. The van der Waals surface area contributed by atoms with Crippen LogP contribution in [0.2, 0.25) is 0 Å². The van der Waals surface area contributed by atoms with Crippen molar-refractivity contribution < 1.29 is 4.74 Å². The summed E-state index contributed by atoms with van der Waals surface area (Å²) in [4.78, 5) is 11.1. The highest BCUT2D eigenvalue weighted by molar-refractivity contribution is 14.0. The zero-order valence-electron chi connectivity index (χ0n) is 15.7. The Kier molecular flexibility index (Phi) is 11.7. The Morgan fingerprint density at radius 2 is 2.36 bits per heavy atom. The zero-order chi connectivity index (χ0) is 17.2. The van der Waals surface area contributed by atoms with E-state index in [1.807, 2.05) is 11.3 Å². The summed E-state index contributed by atoms with van der Waals surface area (Å²) in [5.74, 6) is 1.02. The highest BCUT2D eigenvalue weighted by Crippen LogP contribution is 2.17. The predicted molar refractivity (Wildman–Crippen MR) is 119 cm³/mol. The van der Waals surface area contributed by atoms with Gasteiger partial charge in [0.1, 0.15) is 0 Å². The number of nitrogens with zero attached hydrogens (tertiary/aromatic N) is 3. The maximum Gasteiger partial charge on any atom is 0.193 e. The first-order valence-corrected chi connectivity index (χ1v) is 9.87. The van der Waals surface area contributed by atoms with Crippen molar-refractivity contribution in [3.63, 3.8) is 0 Å². The van der Waals surface area contributed by atoms with Gasteiger partial charge in [0.15, 0.2) is 5.96 Å². The summed E-state index contributed by atoms with van der Waals surface area (Å²) >= 11 is 1.83. The molecule has 0 amide bonds. The quantitative estimate of drug-likeness (QED) is 0.335. The smallest absolute Gasteiger partial charge is 0.193 e. The highest BCUT2D eigenvalue weighted by Gasteiger charge is 2.23. The number of nitrogens with one attached hydrogen (secondary N) is 1. The third-order valence-corrected chi connectivity index (χ3v) is 5.44. The highest BCUT2D eigenvalue weighted by atomic mass is 127. The zero-order valence-corrected chi connectivity index (χ0v) is 18.9. The first kappa shape index (κ1) is 22.7. The van der Waals surface area contributed by atoms with Gasteiger partial charge < -0.3 is 15.0 Å². The second-order valence-electron chi connectivity index (χ2n) is 6.27. The van der Waals surface area contributed by atoms with Crippen LogP contribution in [0.1, 0.15) is 24.6 Å². The monoisotopic (exact) mass is 480 g/mol. The van der Waals surface area contributed by atoms with Crippen molar-refractivity contribution in [3.8, 4) is 0 Å². The topological polar surface area (TPSA) is 40.1 Å². The number of hydrogen-bond donors (Lipinski definition) is 1. The van der Waals surface area contributed by atoms with Crippen molar-refractivity contribution in [1.82, 2.24) is 15.1 Å². The lowest BCUT2D eigenvalue weighted by atomic mass is 10.2. The van der Waals surface area contributed by atoms with Gasteiger partial charge in [0.2, 0.25) is 0 Å². The molecule has 1 aliphatic rings. The van der Waals surface area contributed by atoms with E-state index in [2.05, 4.69) is 46.6 Å². The van der Waals surface area contributed by atoms with Crippen molar-refractivity contribution in [2.75, 3.05) is 53.5 Å². The molecule has 2 rings (SSSR count). The fraction of sp³-hybridized carbons (Fsp3) is 0.722. The van der Waals surface area contributed by atoms with Crippen LogP contribution in [0, 0.1) is 0 Å². The third kappa shape index (κ3) is 7.80. The first-order chi connectivity index (χ1) is 11.7. The largest absolute Gasteiger partial charge is 0.383 e. The van der Waals surface area contributed by atoms with E-state index in [0.717, 1.165) is 45.2 Å². The van der Waals surface area contributed by atoms with Crippen LogP contribution in [-0.2, 0) is 11.2 Å². The van der Waals surface area contributed by atoms with E-state index in [0.29, 0.717) is 6.04 Å². The average molecular weight is 480 g/mol. The van der Waals surface area contributed by atoms with Gasteiger partial charge in [0.25, 0.3) is 0 Å². The number of likely N-dealkylation sites (tertiary alicyclic amines) is 1. The van der Waals surface area contributed by atoms with Crippen molar-refractivity contribution >= 4 is 41.3 Å². The number of hydrogen-bond acceptors (Lipinski definition) is 4. The molecule has 0 saturated carbocycles. The molecule has 2 heterocycles. The number of rotatable bonds is 9. The van der Waals surface area contributed by atoms with E-state index in [4.69, 9.17) is 9.73 Å². The van der Waals surface area contributed by atoms with Crippen LogP contribution in [0.3, 0.4) is 0 Å². The van der Waals surface area contributed by atoms with Gasteiger partial charge in [0, 0.05) is 44.7 Å². The number of halogens is 1. The molecule has 1 aromatic heterocycles. The Bertz CT molecular complexity index is 483. The van der Waals surface area contributed by atoms with Crippen LogP contribution in [0.15, 0.2) is 22.5 Å². The van der Waals surface area contributed by atoms with Crippen LogP contribution in [0.5, 0.6) is 0 Å². The van der Waals surface area contributed by atoms with Gasteiger partial charge in [-0.3, -0.25) is 9.89 Å². The summed E-state index contributed by atoms with van der Waals surface area (Å²) in [6, 6.07) is 4.88. The lowest BCUT2D eigenvalue weighted by Crippen LogP contribution is -2.41. The van der Waals surface area contributed by atoms with Crippen molar-refractivity contribution in [3.05, 3.63) is 22.4 Å². The van der Waals surface area contributed by atoms with Gasteiger partial charge in [-0.2, -0.15) is 0 Å². The van der Waals surface area contributed by atoms with E-state index in [1.54, 1.807) is 7.11 Å². The molecule has 1 saturated heterocycles. The summed E-state index contributed by atoms with van der Waals surface area (Å²) in [7, 11) is 3.90. The van der Waals surface area contributed by atoms with E-state index >= 15 is 0 Å². The molecule has 25 heavy (non-hydrogen) atoms. The second kappa shape index (κ2) is 12.9. The van der Waals surface area contributed by atoms with E-state index in [1.165, 1.54) is 24.3 Å². The van der Waals surface area contributed by atoms with Crippen molar-refractivity contribution in [1.29, 1.82) is 0 Å². The van der Waals surface area contributed by atoms with Crippen LogP contribution in [-0.4, -0.2) is 75.3 Å². The number of aliphatic imine (C=N–C) groups is 1. The molecule has 0 aliphatic carbocycles. The van der Waals surface area contributed by atoms with E-state index in [-0.39, 0.29) is 24.0 Å². The summed E-state index contributed by atoms with van der Waals surface area (Å²) in [5, 5.41) is 5.57. The number of ether oxygens (including phenoxy) is 1. The Labute approximate surface area is 173 Å². The van der Waals surface area contributed by atoms with Gasteiger partial charge >= 0.3 is 0 Å². The Morgan fingerprint density at radius 3 is 3.04 bits per heavy atom. The van der Waals surface area contributed by atoms with E-state index in [9.17, 15) is 0 Å². The fourth-order valence-electron chi connectivity index (χ4n) is 3.10. The van der Waals surface area contributed by atoms with Crippen molar-refractivity contribution in [2.45, 2.75) is 32.2 Å². The maximum atomic E-state index is 5.22. The Hall–Kier alpha value is -0.380. The van der Waals surface area contributed by atoms with Gasteiger partial charge in [-0.25, -0.2) is 0 Å². The molecule has 0 bridgehead atoms. The molecule has 5 nitrogen and oxygen atoms in total. The molecule has 1 aromatic rings. The fourth-order valence-corrected chi connectivity index (χ4v) is 3.80. The molecule has 1 N–H and O–H groups in total. The summed E-state index contributed by atoms with van der Waals surface area (Å²) in [6.07, 6.45) is 3.59. The molecule has 1 unspecified atom stereocenters. The number of methoxy groups -OCH3 is 1. The number of thiophene rings is 1. The number of likely N-dealkylation sites (N-methyl/N-ethyl adjacent to an activating group) is 1. The molecule has 0 radical (unpaired) electrons. The predicted octanol–water partition coefficient (Wildman–Crippen LogP) is 2.92. The van der Waals surface area contributed by atoms with Crippen molar-refractivity contribution in [2.24, 2.45) is 4.99 Å². The molecule has 1 aliphatic heterocycles. The summed E-state index contributed by atoms with van der Waals surface area (Å²) < 4.78 is 5.22. The minimum absolute atomic E-state index is 0. The maximum absolute atomic E-state index is 5.22. The molecule has 0 spiro atoms. The Morgan fingerprint density at radius 1 is 1.52 bits per heavy atom. The summed E-state index contributed by atoms with van der Waals surface area (Å²) in [5.41, 5.74) is 0. The Balaban J connectivity index is 0.00000312. The van der Waals surface area contributed by atoms with Crippen LogP contribution in [0.4, 0.5) is 0 Å². The first-order valence-electron chi connectivity index (χ1n) is 8.99. The van der Waals surface area contributed by atoms with Gasteiger partial charge in [-0.05, 0) is 44.2 Å². The second-order valence-corrected chi connectivity index (χ2v) is 7.30. The lowest BCUT2D eigenvalue weighted by Gasteiger charge is -2.25. The standard InChI is InChI=1S/C18H32N4OS.HI/c1-4-19-18(21(2)11-9-17-8-6-14-24-17)20-15-16-7-5-10-22(16)12-13-23-3;/h6,8,14,16H,4-5,7,9-13,15H2,1-3H3,(H,19,20);1H. The molecule has 1 atom stereocenters. The third-order valence-electron chi connectivity index (χ3n) is 4.50. The minimum atomic E-state index is 0. The molecular formula is C18H33IN4OS. The van der Waals surface area contributed by atoms with Crippen LogP contribution in [0.25, 0.3) is 0 Å². The lowest BCUT2D eigenvalue weighted by molar-refractivity contribution is 0.142. The van der Waals surface area contributed by atoms with Crippen LogP contribution < -0.4 is 5.32 Å². The van der Waals surface area contributed by atoms with Gasteiger partial charge in [-0.15, -0.1) is 35.3 Å². The molecule has 0 aromatic carbocycles.